The molecule has 0 unspecified atom stereocenters. The van der Waals surface area contributed by atoms with Crippen LogP contribution >= 0.6 is 0 Å². The zero-order chi connectivity index (χ0) is 25.6. The summed E-state index contributed by atoms with van der Waals surface area (Å²) in [7, 11) is 0. The first-order valence-corrected chi connectivity index (χ1v) is 12.9. The van der Waals surface area contributed by atoms with Crippen LogP contribution in [0, 0.1) is 39.9 Å². The maximum atomic E-state index is 14.3. The van der Waals surface area contributed by atoms with E-state index in [4.69, 9.17) is 18.9 Å². The summed E-state index contributed by atoms with van der Waals surface area (Å²) in [6.07, 6.45) is -0.757. The highest BCUT2D eigenvalue weighted by Crippen LogP contribution is 2.77. The van der Waals surface area contributed by atoms with E-state index in [0.717, 1.165) is 0 Å². The second-order valence-corrected chi connectivity index (χ2v) is 12.1. The van der Waals surface area contributed by atoms with Gasteiger partial charge < -0.3 is 29.2 Å². The number of aliphatic hydroxyl groups excluding tert-OH is 1. The average molecular weight is 495 g/mol. The van der Waals surface area contributed by atoms with Crippen LogP contribution in [0.15, 0.2) is 0 Å². The number of fused-ring (bicyclic) bond motifs is 2. The zero-order valence-electron chi connectivity index (χ0n) is 21.2. The minimum absolute atomic E-state index is 0.00482. The van der Waals surface area contributed by atoms with Gasteiger partial charge in [0.2, 0.25) is 5.79 Å². The first kappa shape index (κ1) is 25.1. The topological polar surface area (TPSA) is 129 Å². The van der Waals surface area contributed by atoms with Gasteiger partial charge in [0.05, 0.1) is 18.6 Å². The van der Waals surface area contributed by atoms with Crippen LogP contribution in [0.3, 0.4) is 0 Å². The molecule has 35 heavy (non-hydrogen) atoms. The molecular weight excluding hydrogens is 456 g/mol. The van der Waals surface area contributed by atoms with Gasteiger partial charge in [-0.2, -0.15) is 0 Å². The summed E-state index contributed by atoms with van der Waals surface area (Å²) in [5, 5.41) is 24.0. The molecule has 2 spiro atoms. The first-order valence-electron chi connectivity index (χ1n) is 12.9. The van der Waals surface area contributed by atoms with Crippen molar-refractivity contribution in [3.8, 4) is 0 Å². The molecule has 0 amide bonds. The molecule has 4 bridgehead atoms. The van der Waals surface area contributed by atoms with Gasteiger partial charge in [0, 0.05) is 43.6 Å². The Morgan fingerprint density at radius 3 is 2.46 bits per heavy atom. The van der Waals surface area contributed by atoms with Crippen LogP contribution in [0.25, 0.3) is 0 Å². The predicted molar refractivity (Wildman–Crippen MR) is 121 cm³/mol. The number of aliphatic hydroxyl groups is 2. The van der Waals surface area contributed by atoms with Crippen molar-refractivity contribution in [2.75, 3.05) is 19.8 Å². The molecule has 6 aliphatic rings. The van der Waals surface area contributed by atoms with Gasteiger partial charge in [0.25, 0.3) is 0 Å². The maximum Gasteiger partial charge on any atom is 0.302 e. The van der Waals surface area contributed by atoms with Crippen molar-refractivity contribution in [1.29, 1.82) is 0 Å². The van der Waals surface area contributed by atoms with Gasteiger partial charge in [0.15, 0.2) is 5.78 Å². The summed E-state index contributed by atoms with van der Waals surface area (Å²) in [5.41, 5.74) is -2.93. The number of rotatable bonds is 5. The highest BCUT2D eigenvalue weighted by atomic mass is 16.6. The van der Waals surface area contributed by atoms with E-state index >= 15 is 0 Å². The summed E-state index contributed by atoms with van der Waals surface area (Å²) in [5.74, 6) is -5.15. The number of ether oxygens (including phenoxy) is 4. The number of carbonyl (C=O) groups is 3. The van der Waals surface area contributed by atoms with Gasteiger partial charge in [-0.05, 0) is 43.9 Å². The quantitative estimate of drug-likeness (QED) is 0.548. The Bertz CT molecular complexity index is 932. The van der Waals surface area contributed by atoms with E-state index in [0.29, 0.717) is 32.3 Å². The van der Waals surface area contributed by atoms with Crippen molar-refractivity contribution < 1.29 is 43.5 Å². The fraction of sp³-hybridized carbons (Fsp3) is 0.885. The highest BCUT2D eigenvalue weighted by Gasteiger charge is 2.87. The molecule has 2 heterocycles. The van der Waals surface area contributed by atoms with E-state index in [1.54, 1.807) is 0 Å². The van der Waals surface area contributed by atoms with Gasteiger partial charge in [-0.3, -0.25) is 14.4 Å². The van der Waals surface area contributed by atoms with Crippen molar-refractivity contribution in [3.63, 3.8) is 0 Å². The lowest BCUT2D eigenvalue weighted by atomic mass is 9.35. The van der Waals surface area contributed by atoms with E-state index in [1.165, 1.54) is 13.8 Å². The molecule has 0 radical (unpaired) electrons. The molecule has 2 saturated heterocycles. The minimum atomic E-state index is -2.13. The van der Waals surface area contributed by atoms with Crippen molar-refractivity contribution in [1.82, 2.24) is 0 Å². The van der Waals surface area contributed by atoms with Crippen LogP contribution < -0.4 is 0 Å². The van der Waals surface area contributed by atoms with Gasteiger partial charge in [-0.15, -0.1) is 0 Å². The van der Waals surface area contributed by atoms with Crippen molar-refractivity contribution in [3.05, 3.63) is 0 Å². The van der Waals surface area contributed by atoms with E-state index < -0.39 is 70.0 Å². The Labute approximate surface area is 205 Å². The Morgan fingerprint density at radius 1 is 1.14 bits per heavy atom. The maximum absolute atomic E-state index is 14.3. The number of carbonyl (C=O) groups excluding carboxylic acids is 3. The third-order valence-corrected chi connectivity index (χ3v) is 10.0. The molecule has 196 valence electrons. The smallest absolute Gasteiger partial charge is 0.302 e. The fourth-order valence-corrected chi connectivity index (χ4v) is 9.17. The largest absolute Gasteiger partial charge is 0.462 e. The number of hydrogen-bond acceptors (Lipinski definition) is 9. The Morgan fingerprint density at radius 2 is 1.83 bits per heavy atom. The molecular formula is C26H38O9. The number of Topliss-reactive ketones (excluding diaryl/α,β-unsaturated/α-hetero) is 1. The SMILES string of the molecule is CCOC[C@@H]1C(=O)[C@@]23C[C@H]1C[C@@H](OC(C)=O)[C@H]2[C@@]12CO[C@]3(O)[C@@H](O)[C@@H]1C(C)(C)CC[C@@H]2OC(C)=O. The highest BCUT2D eigenvalue weighted by molar-refractivity contribution is 5.92. The van der Waals surface area contributed by atoms with E-state index in [9.17, 15) is 24.6 Å². The minimum Gasteiger partial charge on any atom is -0.462 e. The Balaban J connectivity index is 1.74. The summed E-state index contributed by atoms with van der Waals surface area (Å²) < 4.78 is 23.6. The monoisotopic (exact) mass is 494 g/mol. The average Bonchev–Trinajstić information content (AvgIpc) is 2.97. The lowest BCUT2D eigenvalue weighted by Gasteiger charge is -2.74. The van der Waals surface area contributed by atoms with Gasteiger partial charge in [0.1, 0.15) is 18.3 Å². The summed E-state index contributed by atoms with van der Waals surface area (Å²) in [4.78, 5) is 38.8. The molecule has 2 N–H and O–H groups in total. The molecule has 0 aromatic rings. The lowest BCUT2D eigenvalue weighted by Crippen LogP contribution is -2.85. The molecule has 10 atom stereocenters. The summed E-state index contributed by atoms with van der Waals surface area (Å²) in [6, 6.07) is 0. The second-order valence-electron chi connectivity index (χ2n) is 12.1. The first-order chi connectivity index (χ1) is 16.4. The van der Waals surface area contributed by atoms with E-state index in [1.807, 2.05) is 20.8 Å². The predicted octanol–water partition coefficient (Wildman–Crippen LogP) is 1.61. The van der Waals surface area contributed by atoms with Gasteiger partial charge >= 0.3 is 11.9 Å². The third kappa shape index (κ3) is 3.04. The van der Waals surface area contributed by atoms with Crippen LogP contribution in [0.2, 0.25) is 0 Å². The molecule has 6 rings (SSSR count). The molecule has 2 aliphatic heterocycles. The molecule has 4 aliphatic carbocycles. The molecule has 6 fully saturated rings. The van der Waals surface area contributed by atoms with Crippen LogP contribution in [0.5, 0.6) is 0 Å². The molecule has 0 aromatic carbocycles. The summed E-state index contributed by atoms with van der Waals surface area (Å²) >= 11 is 0. The van der Waals surface area contributed by atoms with Crippen LogP contribution in [0.1, 0.15) is 60.3 Å². The van der Waals surface area contributed by atoms with E-state index in [2.05, 4.69) is 0 Å². The molecule has 4 saturated carbocycles. The van der Waals surface area contributed by atoms with Crippen molar-refractivity contribution >= 4 is 17.7 Å². The second kappa shape index (κ2) is 7.97. The van der Waals surface area contributed by atoms with Crippen LogP contribution in [0.4, 0.5) is 0 Å². The number of ketones is 1. The summed E-state index contributed by atoms with van der Waals surface area (Å²) in [6.45, 7) is 9.25. The van der Waals surface area contributed by atoms with Crippen LogP contribution in [-0.4, -0.2) is 71.9 Å². The van der Waals surface area contributed by atoms with E-state index in [-0.39, 0.29) is 24.9 Å². The van der Waals surface area contributed by atoms with Gasteiger partial charge in [-0.25, -0.2) is 0 Å². The Kier molecular flexibility index (Phi) is 5.72. The molecule has 0 aromatic heterocycles. The van der Waals surface area contributed by atoms with Crippen molar-refractivity contribution in [2.45, 2.75) is 84.4 Å². The standard InChI is InChI=1S/C26H38O9/c1-6-32-11-16-15-9-17(34-13(2)27)19-24-12-33-26(31,25(19,10-15)21(16)29)22(30)20(24)23(4,5)8-7-18(24)35-14(3)28/h15-20,22,30-31H,6-12H2,1-5H3/t15-,16+,17-,18+,19+,20-,22+,24+,25-,26-/m1/s1. The van der Waals surface area contributed by atoms with Crippen LogP contribution in [-0.2, 0) is 33.3 Å². The lowest BCUT2D eigenvalue weighted by molar-refractivity contribution is -0.455. The zero-order valence-corrected chi connectivity index (χ0v) is 21.2. The van der Waals surface area contributed by atoms with Gasteiger partial charge in [-0.1, -0.05) is 13.8 Å². The van der Waals surface area contributed by atoms with Crippen molar-refractivity contribution in [2.24, 2.45) is 39.9 Å². The fourth-order valence-electron chi connectivity index (χ4n) is 9.17. The number of esters is 2. The molecule has 9 heteroatoms. The third-order valence-electron chi connectivity index (χ3n) is 10.0. The Hall–Kier alpha value is -1.55. The number of hydrogen-bond donors (Lipinski definition) is 2. The molecule has 9 nitrogen and oxygen atoms in total. The normalized spacial score (nSPS) is 49.2.